The molecule has 0 aliphatic carbocycles. The summed E-state index contributed by atoms with van der Waals surface area (Å²) < 4.78 is 0. The van der Waals surface area contributed by atoms with Gasteiger partial charge in [-0.3, -0.25) is 0 Å². The first kappa shape index (κ1) is 12.4. The van der Waals surface area contributed by atoms with E-state index in [1.54, 1.807) is 0 Å². The molecule has 1 N–H and O–H groups in total. The molecule has 0 spiro atoms. The zero-order valence-electron chi connectivity index (χ0n) is 9.88. The van der Waals surface area contributed by atoms with Crippen molar-refractivity contribution in [2.24, 2.45) is 5.92 Å². The number of hydrogen-bond donors (Lipinski definition) is 1. The highest BCUT2D eigenvalue weighted by Gasteiger charge is 2.13. The number of thioether (sulfide) groups is 1. The van der Waals surface area contributed by atoms with E-state index in [9.17, 15) is 0 Å². The molecule has 2 heteroatoms. The fourth-order valence-corrected chi connectivity index (χ4v) is 2.88. The molecule has 1 fully saturated rings. The highest BCUT2D eigenvalue weighted by Crippen LogP contribution is 2.21. The molecular weight excluding hydrogens is 190 g/mol. The van der Waals surface area contributed by atoms with E-state index in [2.05, 4.69) is 37.8 Å². The molecule has 0 saturated carbocycles. The van der Waals surface area contributed by atoms with Crippen molar-refractivity contribution in [1.82, 2.24) is 5.32 Å². The van der Waals surface area contributed by atoms with Crippen molar-refractivity contribution in [3.05, 3.63) is 0 Å². The summed E-state index contributed by atoms with van der Waals surface area (Å²) in [5.41, 5.74) is 0. The predicted molar refractivity (Wildman–Crippen MR) is 67.0 cm³/mol. The Bertz CT molecular complexity index is 137. The Labute approximate surface area is 93.4 Å². The van der Waals surface area contributed by atoms with Gasteiger partial charge in [-0.1, -0.05) is 20.8 Å². The van der Waals surface area contributed by atoms with Gasteiger partial charge in [-0.05, 0) is 43.9 Å². The van der Waals surface area contributed by atoms with Gasteiger partial charge >= 0.3 is 0 Å². The maximum Gasteiger partial charge on any atom is 0.00678 e. The lowest BCUT2D eigenvalue weighted by atomic mass is 10.1. The quantitative estimate of drug-likeness (QED) is 0.682. The molecule has 84 valence electrons. The molecule has 1 nitrogen and oxygen atoms in total. The maximum atomic E-state index is 3.56. The van der Waals surface area contributed by atoms with E-state index in [1.807, 2.05) is 0 Å². The first-order valence-corrected chi connectivity index (χ1v) is 7.10. The van der Waals surface area contributed by atoms with Gasteiger partial charge in [0.05, 0.1) is 0 Å². The molecule has 1 aliphatic heterocycles. The van der Waals surface area contributed by atoms with Crippen LogP contribution in [0.5, 0.6) is 0 Å². The lowest BCUT2D eigenvalue weighted by Crippen LogP contribution is -2.21. The van der Waals surface area contributed by atoms with E-state index in [1.165, 1.54) is 38.0 Å². The Kier molecular flexibility index (Phi) is 5.95. The zero-order chi connectivity index (χ0) is 10.4. The summed E-state index contributed by atoms with van der Waals surface area (Å²) in [4.78, 5) is 0. The largest absolute Gasteiger partial charge is 0.314 e. The molecule has 0 aromatic rings. The molecule has 0 radical (unpaired) electrons. The van der Waals surface area contributed by atoms with Crippen LogP contribution in [0.15, 0.2) is 0 Å². The summed E-state index contributed by atoms with van der Waals surface area (Å²) in [5.74, 6) is 2.17. The Morgan fingerprint density at radius 1 is 1.36 bits per heavy atom. The van der Waals surface area contributed by atoms with Crippen LogP contribution in [-0.4, -0.2) is 23.6 Å². The normalized spacial score (nSPS) is 24.4. The van der Waals surface area contributed by atoms with Gasteiger partial charge in [0.25, 0.3) is 0 Å². The van der Waals surface area contributed by atoms with Crippen LogP contribution >= 0.6 is 11.8 Å². The van der Waals surface area contributed by atoms with E-state index in [4.69, 9.17) is 0 Å². The molecule has 0 bridgehead atoms. The standard InChI is InChI=1S/C12H25NS/c1-10(2)11(3)14-9-5-7-12-6-4-8-13-12/h10-13H,4-9H2,1-3H3. The van der Waals surface area contributed by atoms with Crippen LogP contribution in [0.2, 0.25) is 0 Å². The number of nitrogens with one attached hydrogen (secondary N) is 1. The molecule has 1 saturated heterocycles. The van der Waals surface area contributed by atoms with E-state index < -0.39 is 0 Å². The Morgan fingerprint density at radius 2 is 2.14 bits per heavy atom. The molecule has 0 aromatic carbocycles. The lowest BCUT2D eigenvalue weighted by Gasteiger charge is -2.15. The lowest BCUT2D eigenvalue weighted by molar-refractivity contribution is 0.552. The third-order valence-electron chi connectivity index (χ3n) is 3.18. The van der Waals surface area contributed by atoms with Gasteiger partial charge in [-0.2, -0.15) is 11.8 Å². The first-order valence-electron chi connectivity index (χ1n) is 6.05. The summed E-state index contributed by atoms with van der Waals surface area (Å²) in [6.45, 7) is 8.23. The number of rotatable bonds is 6. The fourth-order valence-electron chi connectivity index (χ4n) is 1.79. The highest BCUT2D eigenvalue weighted by atomic mass is 32.2. The van der Waals surface area contributed by atoms with E-state index in [0.29, 0.717) is 0 Å². The van der Waals surface area contributed by atoms with E-state index in [0.717, 1.165) is 17.2 Å². The molecule has 1 rings (SSSR count). The van der Waals surface area contributed by atoms with Crippen molar-refractivity contribution >= 4 is 11.8 Å². The Hall–Kier alpha value is 0.310. The molecule has 14 heavy (non-hydrogen) atoms. The van der Waals surface area contributed by atoms with Crippen LogP contribution < -0.4 is 5.32 Å². The minimum Gasteiger partial charge on any atom is -0.314 e. The molecule has 1 aliphatic rings. The molecule has 0 amide bonds. The topological polar surface area (TPSA) is 12.0 Å². The van der Waals surface area contributed by atoms with Gasteiger partial charge < -0.3 is 5.32 Å². The van der Waals surface area contributed by atoms with Crippen molar-refractivity contribution in [2.45, 2.75) is 57.7 Å². The van der Waals surface area contributed by atoms with Crippen LogP contribution in [0.3, 0.4) is 0 Å². The van der Waals surface area contributed by atoms with Crippen molar-refractivity contribution in [3.63, 3.8) is 0 Å². The van der Waals surface area contributed by atoms with Crippen molar-refractivity contribution < 1.29 is 0 Å². The molecule has 2 unspecified atom stereocenters. The Morgan fingerprint density at radius 3 is 2.71 bits per heavy atom. The summed E-state index contributed by atoms with van der Waals surface area (Å²) in [6.07, 6.45) is 5.57. The molecule has 1 heterocycles. The second-order valence-corrected chi connectivity index (χ2v) is 6.24. The summed E-state index contributed by atoms with van der Waals surface area (Å²) >= 11 is 2.14. The minimum absolute atomic E-state index is 0.824. The van der Waals surface area contributed by atoms with E-state index in [-0.39, 0.29) is 0 Å². The van der Waals surface area contributed by atoms with Crippen LogP contribution in [0.1, 0.15) is 46.5 Å². The van der Waals surface area contributed by atoms with Crippen LogP contribution in [0.25, 0.3) is 0 Å². The van der Waals surface area contributed by atoms with Crippen molar-refractivity contribution in [3.8, 4) is 0 Å². The van der Waals surface area contributed by atoms with Crippen LogP contribution in [-0.2, 0) is 0 Å². The second-order valence-electron chi connectivity index (χ2n) is 4.76. The Balaban J connectivity index is 1.93. The predicted octanol–water partition coefficient (Wildman–Crippen LogP) is 3.30. The molecular formula is C12H25NS. The van der Waals surface area contributed by atoms with Gasteiger partial charge in [0.15, 0.2) is 0 Å². The average Bonchev–Trinajstić information content (AvgIpc) is 2.64. The van der Waals surface area contributed by atoms with Gasteiger partial charge in [0.2, 0.25) is 0 Å². The fraction of sp³-hybridized carbons (Fsp3) is 1.00. The SMILES string of the molecule is CC(C)C(C)SCCCC1CCCN1. The number of hydrogen-bond acceptors (Lipinski definition) is 2. The van der Waals surface area contributed by atoms with Crippen LogP contribution in [0.4, 0.5) is 0 Å². The zero-order valence-corrected chi connectivity index (χ0v) is 10.7. The second kappa shape index (κ2) is 6.73. The molecule has 0 aromatic heterocycles. The molecule has 2 atom stereocenters. The van der Waals surface area contributed by atoms with Gasteiger partial charge in [-0.25, -0.2) is 0 Å². The van der Waals surface area contributed by atoms with Gasteiger partial charge in [-0.15, -0.1) is 0 Å². The maximum absolute atomic E-state index is 3.56. The van der Waals surface area contributed by atoms with Crippen molar-refractivity contribution in [2.75, 3.05) is 12.3 Å². The van der Waals surface area contributed by atoms with Crippen LogP contribution in [0, 0.1) is 5.92 Å². The smallest absolute Gasteiger partial charge is 0.00678 e. The first-order chi connectivity index (χ1) is 6.70. The highest BCUT2D eigenvalue weighted by molar-refractivity contribution is 7.99. The average molecular weight is 215 g/mol. The third kappa shape index (κ3) is 4.70. The van der Waals surface area contributed by atoms with Gasteiger partial charge in [0.1, 0.15) is 0 Å². The minimum atomic E-state index is 0.824. The van der Waals surface area contributed by atoms with E-state index >= 15 is 0 Å². The van der Waals surface area contributed by atoms with Gasteiger partial charge in [0, 0.05) is 11.3 Å². The summed E-state index contributed by atoms with van der Waals surface area (Å²) in [7, 11) is 0. The summed E-state index contributed by atoms with van der Waals surface area (Å²) in [5, 5.41) is 4.38. The third-order valence-corrected chi connectivity index (χ3v) is 4.77. The summed E-state index contributed by atoms with van der Waals surface area (Å²) in [6, 6.07) is 0.838. The van der Waals surface area contributed by atoms with Crippen molar-refractivity contribution in [1.29, 1.82) is 0 Å². The monoisotopic (exact) mass is 215 g/mol.